The Kier molecular flexibility index (Phi) is 4.33. The number of pyridine rings is 1. The third kappa shape index (κ3) is 2.93. The molecule has 0 aliphatic heterocycles. The van der Waals surface area contributed by atoms with E-state index in [1.54, 1.807) is 17.4 Å². The minimum atomic E-state index is 0.0582. The van der Waals surface area contributed by atoms with Gasteiger partial charge in [0.05, 0.1) is 12.1 Å². The lowest BCUT2D eigenvalue weighted by atomic mass is 10.1. The summed E-state index contributed by atoms with van der Waals surface area (Å²) >= 11 is 1.65. The first-order valence-electron chi connectivity index (χ1n) is 6.98. The van der Waals surface area contributed by atoms with Crippen molar-refractivity contribution >= 4 is 27.9 Å². The third-order valence-electron chi connectivity index (χ3n) is 3.47. The molecule has 0 aliphatic carbocycles. The molecule has 0 radical (unpaired) electrons. The maximum atomic E-state index is 9.41. The standard InChI is InChI=1S/C17H15N3OS/c18-10-14-9-17(15-3-1-2-4-16(15)19-14)20(6-7-21)11-13-5-8-22-12-13/h1-5,8-9,12,21H,6-7,11H2. The predicted octanol–water partition coefficient (Wildman–Crippen LogP) is 3.17. The van der Waals surface area contributed by atoms with Gasteiger partial charge in [0.15, 0.2) is 0 Å². The summed E-state index contributed by atoms with van der Waals surface area (Å²) in [6.45, 7) is 1.26. The van der Waals surface area contributed by atoms with Gasteiger partial charge in [0.25, 0.3) is 0 Å². The Balaban J connectivity index is 2.09. The lowest BCUT2D eigenvalue weighted by Gasteiger charge is -2.25. The second kappa shape index (κ2) is 6.56. The molecule has 0 atom stereocenters. The van der Waals surface area contributed by atoms with Crippen molar-refractivity contribution in [3.63, 3.8) is 0 Å². The molecule has 4 nitrogen and oxygen atoms in total. The Morgan fingerprint density at radius 3 is 2.86 bits per heavy atom. The van der Waals surface area contributed by atoms with E-state index in [0.717, 1.165) is 16.6 Å². The highest BCUT2D eigenvalue weighted by atomic mass is 32.1. The minimum absolute atomic E-state index is 0.0582. The Morgan fingerprint density at radius 1 is 1.27 bits per heavy atom. The van der Waals surface area contributed by atoms with E-state index in [1.165, 1.54) is 5.56 Å². The van der Waals surface area contributed by atoms with Crippen LogP contribution in [0.25, 0.3) is 10.9 Å². The third-order valence-corrected chi connectivity index (χ3v) is 4.21. The second-order valence-electron chi connectivity index (χ2n) is 4.93. The molecule has 1 aromatic carbocycles. The lowest BCUT2D eigenvalue weighted by Crippen LogP contribution is -2.26. The zero-order valence-corrected chi connectivity index (χ0v) is 12.8. The molecule has 0 amide bonds. The van der Waals surface area contributed by atoms with Gasteiger partial charge >= 0.3 is 0 Å². The summed E-state index contributed by atoms with van der Waals surface area (Å²) in [5.74, 6) is 0. The first kappa shape index (κ1) is 14.5. The predicted molar refractivity (Wildman–Crippen MR) is 88.9 cm³/mol. The van der Waals surface area contributed by atoms with Gasteiger partial charge in [0, 0.05) is 24.2 Å². The zero-order valence-electron chi connectivity index (χ0n) is 11.9. The van der Waals surface area contributed by atoms with E-state index in [2.05, 4.69) is 27.4 Å². The molecular formula is C17H15N3OS. The fourth-order valence-corrected chi connectivity index (χ4v) is 3.14. The van der Waals surface area contributed by atoms with Crippen LogP contribution in [0.2, 0.25) is 0 Å². The van der Waals surface area contributed by atoms with Crippen molar-refractivity contribution in [1.29, 1.82) is 5.26 Å². The van der Waals surface area contributed by atoms with Crippen molar-refractivity contribution in [3.8, 4) is 6.07 Å². The number of aliphatic hydroxyl groups is 1. The maximum absolute atomic E-state index is 9.41. The van der Waals surface area contributed by atoms with Crippen molar-refractivity contribution in [3.05, 3.63) is 58.4 Å². The van der Waals surface area contributed by atoms with Gasteiger partial charge < -0.3 is 10.0 Å². The number of benzene rings is 1. The molecule has 110 valence electrons. The molecule has 0 unspecified atom stereocenters. The maximum Gasteiger partial charge on any atom is 0.143 e. The van der Waals surface area contributed by atoms with Crippen molar-refractivity contribution < 1.29 is 5.11 Å². The van der Waals surface area contributed by atoms with Crippen molar-refractivity contribution in [2.45, 2.75) is 6.54 Å². The molecule has 22 heavy (non-hydrogen) atoms. The molecule has 0 aliphatic rings. The summed E-state index contributed by atoms with van der Waals surface area (Å²) in [5, 5.41) is 23.7. The number of anilines is 1. The number of hydrogen-bond donors (Lipinski definition) is 1. The lowest BCUT2D eigenvalue weighted by molar-refractivity contribution is 0.301. The SMILES string of the molecule is N#Cc1cc(N(CCO)Cc2ccsc2)c2ccccc2n1. The first-order chi connectivity index (χ1) is 10.8. The van der Waals surface area contributed by atoms with Crippen molar-refractivity contribution in [1.82, 2.24) is 4.98 Å². The van der Waals surface area contributed by atoms with Gasteiger partial charge in [0.1, 0.15) is 11.8 Å². The summed E-state index contributed by atoms with van der Waals surface area (Å²) in [6, 6.07) is 13.8. The number of para-hydroxylation sites is 1. The number of nitrogens with zero attached hydrogens (tertiary/aromatic N) is 3. The summed E-state index contributed by atoms with van der Waals surface area (Å²) in [5.41, 5.74) is 3.31. The molecule has 3 aromatic rings. The van der Waals surface area contributed by atoms with E-state index in [0.29, 0.717) is 18.8 Å². The molecule has 0 bridgehead atoms. The monoisotopic (exact) mass is 309 g/mol. The smallest absolute Gasteiger partial charge is 0.143 e. The van der Waals surface area contributed by atoms with Crippen molar-refractivity contribution in [2.75, 3.05) is 18.1 Å². The molecule has 2 aromatic heterocycles. The van der Waals surface area contributed by atoms with Gasteiger partial charge in [-0.1, -0.05) is 18.2 Å². The molecule has 0 fully saturated rings. The molecule has 0 saturated carbocycles. The van der Waals surface area contributed by atoms with E-state index < -0.39 is 0 Å². The number of nitriles is 1. The van der Waals surface area contributed by atoms with Gasteiger partial charge in [-0.25, -0.2) is 4.98 Å². The quantitative estimate of drug-likeness (QED) is 0.786. The van der Waals surface area contributed by atoms with Gasteiger partial charge in [-0.3, -0.25) is 0 Å². The summed E-state index contributed by atoms with van der Waals surface area (Å²) in [6.07, 6.45) is 0. The van der Waals surface area contributed by atoms with E-state index in [-0.39, 0.29) is 6.61 Å². The Hall–Kier alpha value is -2.42. The summed E-state index contributed by atoms with van der Waals surface area (Å²) in [4.78, 5) is 6.44. The van der Waals surface area contributed by atoms with Crippen LogP contribution in [0.5, 0.6) is 0 Å². The average molecular weight is 309 g/mol. The van der Waals surface area contributed by atoms with Crippen LogP contribution in [-0.4, -0.2) is 23.2 Å². The molecule has 0 spiro atoms. The van der Waals surface area contributed by atoms with Crippen LogP contribution in [0, 0.1) is 11.3 Å². The van der Waals surface area contributed by atoms with Gasteiger partial charge in [-0.15, -0.1) is 0 Å². The van der Waals surface area contributed by atoms with Gasteiger partial charge in [-0.2, -0.15) is 16.6 Å². The highest BCUT2D eigenvalue weighted by molar-refractivity contribution is 7.07. The molecule has 3 rings (SSSR count). The number of rotatable bonds is 5. The molecular weight excluding hydrogens is 294 g/mol. The molecule has 5 heteroatoms. The highest BCUT2D eigenvalue weighted by Gasteiger charge is 2.13. The molecule has 2 heterocycles. The van der Waals surface area contributed by atoms with Crippen LogP contribution in [-0.2, 0) is 6.54 Å². The van der Waals surface area contributed by atoms with E-state index in [4.69, 9.17) is 0 Å². The van der Waals surface area contributed by atoms with Gasteiger partial charge in [-0.05, 0) is 34.5 Å². The average Bonchev–Trinajstić information content (AvgIpc) is 3.06. The van der Waals surface area contributed by atoms with E-state index in [1.807, 2.05) is 29.6 Å². The number of thiophene rings is 1. The fourth-order valence-electron chi connectivity index (χ4n) is 2.48. The van der Waals surface area contributed by atoms with Crippen LogP contribution in [0.1, 0.15) is 11.3 Å². The van der Waals surface area contributed by atoms with Crippen molar-refractivity contribution in [2.24, 2.45) is 0 Å². The number of aliphatic hydroxyl groups excluding tert-OH is 1. The highest BCUT2D eigenvalue weighted by Crippen LogP contribution is 2.28. The Labute approximate surface area is 132 Å². The van der Waals surface area contributed by atoms with Crippen LogP contribution in [0.4, 0.5) is 5.69 Å². The Morgan fingerprint density at radius 2 is 2.14 bits per heavy atom. The number of aromatic nitrogens is 1. The molecule has 1 N–H and O–H groups in total. The normalized spacial score (nSPS) is 10.5. The summed E-state index contributed by atoms with van der Waals surface area (Å²) in [7, 11) is 0. The molecule has 0 saturated heterocycles. The number of fused-ring (bicyclic) bond motifs is 1. The fraction of sp³-hybridized carbons (Fsp3) is 0.176. The topological polar surface area (TPSA) is 60.2 Å². The van der Waals surface area contributed by atoms with Crippen LogP contribution in [0.15, 0.2) is 47.2 Å². The van der Waals surface area contributed by atoms with Gasteiger partial charge in [0.2, 0.25) is 0 Å². The largest absolute Gasteiger partial charge is 0.395 e. The number of hydrogen-bond acceptors (Lipinski definition) is 5. The Bertz CT molecular complexity index is 808. The first-order valence-corrected chi connectivity index (χ1v) is 7.93. The van der Waals surface area contributed by atoms with E-state index in [9.17, 15) is 10.4 Å². The zero-order chi connectivity index (χ0) is 15.4. The van der Waals surface area contributed by atoms with E-state index >= 15 is 0 Å². The minimum Gasteiger partial charge on any atom is -0.395 e. The second-order valence-corrected chi connectivity index (χ2v) is 5.71. The summed E-state index contributed by atoms with van der Waals surface area (Å²) < 4.78 is 0. The van der Waals surface area contributed by atoms with Crippen LogP contribution in [0.3, 0.4) is 0 Å². The van der Waals surface area contributed by atoms with Crippen LogP contribution >= 0.6 is 11.3 Å². The van der Waals surface area contributed by atoms with Crippen LogP contribution < -0.4 is 4.90 Å².